The van der Waals surface area contributed by atoms with Crippen LogP contribution in [0.4, 0.5) is 11.4 Å². The van der Waals surface area contributed by atoms with Gasteiger partial charge in [-0.25, -0.2) is 8.42 Å². The van der Waals surface area contributed by atoms with E-state index in [2.05, 4.69) is 34.3 Å². The molecule has 3 unspecified atom stereocenters. The zero-order valence-electron chi connectivity index (χ0n) is 17.2. The molecule has 0 amide bonds. The smallest absolute Gasteiger partial charge is 0.261 e. The molecule has 5 rings (SSSR count). The Morgan fingerprint density at radius 1 is 1.00 bits per heavy atom. The fraction of sp³-hybridized carbons (Fsp3) is 0.200. The molecule has 1 aliphatic heterocycles. The van der Waals surface area contributed by atoms with Gasteiger partial charge >= 0.3 is 0 Å². The van der Waals surface area contributed by atoms with Gasteiger partial charge in [0.2, 0.25) is 0 Å². The quantitative estimate of drug-likeness (QED) is 0.535. The summed E-state index contributed by atoms with van der Waals surface area (Å²) in [6, 6.07) is 22.6. The first-order valence-corrected chi connectivity index (χ1v) is 11.8. The monoisotopic (exact) mass is 432 g/mol. The van der Waals surface area contributed by atoms with Crippen LogP contribution >= 0.6 is 0 Å². The SMILES string of the molecule is COc1cccc(C2Nc3ccc(S(=O)(=O)Nc4ccccc4)cc3C3C=CCC32)c1. The van der Waals surface area contributed by atoms with Crippen LogP contribution < -0.4 is 14.8 Å². The minimum absolute atomic E-state index is 0.132. The van der Waals surface area contributed by atoms with Crippen LogP contribution in [0.3, 0.4) is 0 Å². The number of fused-ring (bicyclic) bond motifs is 3. The van der Waals surface area contributed by atoms with Gasteiger partial charge in [-0.2, -0.15) is 0 Å². The minimum Gasteiger partial charge on any atom is -0.497 e. The molecule has 31 heavy (non-hydrogen) atoms. The van der Waals surface area contributed by atoms with Gasteiger partial charge in [0.1, 0.15) is 5.75 Å². The van der Waals surface area contributed by atoms with Gasteiger partial charge in [0.05, 0.1) is 18.0 Å². The highest BCUT2D eigenvalue weighted by molar-refractivity contribution is 7.92. The molecule has 2 aliphatic rings. The van der Waals surface area contributed by atoms with Crippen LogP contribution in [0.1, 0.15) is 29.5 Å². The second-order valence-corrected chi connectivity index (χ2v) is 9.66. The third-order valence-corrected chi connectivity index (χ3v) is 7.50. The summed E-state index contributed by atoms with van der Waals surface area (Å²) in [5.74, 6) is 1.32. The number of sulfonamides is 1. The van der Waals surface area contributed by atoms with E-state index < -0.39 is 10.0 Å². The van der Waals surface area contributed by atoms with Crippen LogP contribution in [0.25, 0.3) is 0 Å². The third kappa shape index (κ3) is 3.68. The minimum atomic E-state index is -3.67. The second-order valence-electron chi connectivity index (χ2n) is 7.97. The predicted octanol–water partition coefficient (Wildman–Crippen LogP) is 5.32. The van der Waals surface area contributed by atoms with Crippen molar-refractivity contribution in [2.24, 2.45) is 5.92 Å². The normalized spacial score (nSPS) is 21.6. The molecule has 5 nitrogen and oxygen atoms in total. The zero-order chi connectivity index (χ0) is 21.4. The number of hydrogen-bond donors (Lipinski definition) is 2. The van der Waals surface area contributed by atoms with Crippen LogP contribution in [-0.4, -0.2) is 15.5 Å². The van der Waals surface area contributed by atoms with Gasteiger partial charge in [-0.05, 0) is 65.9 Å². The van der Waals surface area contributed by atoms with Crippen molar-refractivity contribution < 1.29 is 13.2 Å². The average molecular weight is 433 g/mol. The Hall–Kier alpha value is -3.25. The summed E-state index contributed by atoms with van der Waals surface area (Å²) in [6.07, 6.45) is 5.35. The maximum absolute atomic E-state index is 13.0. The number of para-hydroxylation sites is 1. The van der Waals surface area contributed by atoms with E-state index in [9.17, 15) is 8.42 Å². The number of ether oxygens (including phenoxy) is 1. The largest absolute Gasteiger partial charge is 0.497 e. The van der Waals surface area contributed by atoms with E-state index >= 15 is 0 Å². The van der Waals surface area contributed by atoms with Gasteiger partial charge < -0.3 is 10.1 Å². The molecule has 2 N–H and O–H groups in total. The molecular formula is C25H24N2O3S. The van der Waals surface area contributed by atoms with E-state index in [0.29, 0.717) is 11.6 Å². The molecule has 6 heteroatoms. The highest BCUT2D eigenvalue weighted by Crippen LogP contribution is 2.50. The Labute approximate surface area is 182 Å². The second kappa shape index (κ2) is 7.78. The van der Waals surface area contributed by atoms with Gasteiger partial charge in [0.25, 0.3) is 10.0 Å². The first-order valence-electron chi connectivity index (χ1n) is 10.3. The number of nitrogens with one attached hydrogen (secondary N) is 2. The molecular weight excluding hydrogens is 408 g/mol. The number of anilines is 2. The first kappa shape index (κ1) is 19.7. The molecule has 0 spiro atoms. The van der Waals surface area contributed by atoms with E-state index in [-0.39, 0.29) is 16.9 Å². The summed E-state index contributed by atoms with van der Waals surface area (Å²) in [7, 11) is -1.99. The molecule has 1 aliphatic carbocycles. The predicted molar refractivity (Wildman–Crippen MR) is 123 cm³/mol. The molecule has 3 aromatic rings. The van der Waals surface area contributed by atoms with E-state index in [1.54, 1.807) is 37.4 Å². The number of methoxy groups -OCH3 is 1. The summed E-state index contributed by atoms with van der Waals surface area (Å²) >= 11 is 0. The Morgan fingerprint density at radius 2 is 1.84 bits per heavy atom. The Balaban J connectivity index is 1.49. The lowest BCUT2D eigenvalue weighted by atomic mass is 9.77. The van der Waals surface area contributed by atoms with Crippen LogP contribution in [-0.2, 0) is 10.0 Å². The van der Waals surface area contributed by atoms with Crippen molar-refractivity contribution in [1.82, 2.24) is 0 Å². The van der Waals surface area contributed by atoms with Gasteiger partial charge in [-0.3, -0.25) is 4.72 Å². The fourth-order valence-electron chi connectivity index (χ4n) is 4.62. The lowest BCUT2D eigenvalue weighted by Crippen LogP contribution is -2.29. The highest BCUT2D eigenvalue weighted by atomic mass is 32.2. The summed E-state index contributed by atoms with van der Waals surface area (Å²) in [5.41, 5.74) is 3.72. The van der Waals surface area contributed by atoms with Crippen molar-refractivity contribution in [3.8, 4) is 5.75 Å². The molecule has 0 aromatic heterocycles. The van der Waals surface area contributed by atoms with Gasteiger partial charge in [-0.15, -0.1) is 0 Å². The van der Waals surface area contributed by atoms with Crippen LogP contribution in [0.5, 0.6) is 5.75 Å². The maximum Gasteiger partial charge on any atom is 0.261 e. The number of benzene rings is 3. The average Bonchev–Trinajstić information content (AvgIpc) is 3.29. The first-order chi connectivity index (χ1) is 15.0. The summed E-state index contributed by atoms with van der Waals surface area (Å²) in [6.45, 7) is 0. The van der Waals surface area contributed by atoms with E-state index in [0.717, 1.165) is 23.4 Å². The van der Waals surface area contributed by atoms with Crippen molar-refractivity contribution >= 4 is 21.4 Å². The topological polar surface area (TPSA) is 67.4 Å². The molecule has 0 saturated carbocycles. The van der Waals surface area contributed by atoms with Crippen molar-refractivity contribution in [2.45, 2.75) is 23.3 Å². The van der Waals surface area contributed by atoms with E-state index in [4.69, 9.17) is 4.74 Å². The molecule has 0 bridgehead atoms. The van der Waals surface area contributed by atoms with Crippen molar-refractivity contribution in [1.29, 1.82) is 0 Å². The lowest BCUT2D eigenvalue weighted by Gasteiger charge is -2.37. The van der Waals surface area contributed by atoms with Gasteiger partial charge in [0, 0.05) is 17.3 Å². The van der Waals surface area contributed by atoms with Crippen LogP contribution in [0.2, 0.25) is 0 Å². The number of allylic oxidation sites excluding steroid dienone is 2. The fourth-order valence-corrected chi connectivity index (χ4v) is 5.72. The zero-order valence-corrected chi connectivity index (χ0v) is 18.0. The van der Waals surface area contributed by atoms with Crippen molar-refractivity contribution in [2.75, 3.05) is 17.1 Å². The molecule has 1 heterocycles. The standard InChI is InChI=1S/C25H24N2O3S/c1-30-19-10-5-7-17(15-19)25-22-12-6-11-21(22)23-16-20(13-14-24(23)26-25)31(28,29)27-18-8-3-2-4-9-18/h2-11,13-16,21-22,25-27H,12H2,1H3. The Bertz CT molecular complexity index is 1240. The van der Waals surface area contributed by atoms with E-state index in [1.165, 1.54) is 5.56 Å². The summed E-state index contributed by atoms with van der Waals surface area (Å²) < 4.78 is 34.0. The Morgan fingerprint density at radius 3 is 2.65 bits per heavy atom. The molecule has 3 aromatic carbocycles. The lowest BCUT2D eigenvalue weighted by molar-refractivity contribution is 0.406. The Kier molecular flexibility index (Phi) is 4.94. The summed E-state index contributed by atoms with van der Waals surface area (Å²) in [4.78, 5) is 0.274. The molecule has 0 fully saturated rings. The molecule has 0 radical (unpaired) electrons. The van der Waals surface area contributed by atoms with Gasteiger partial charge in [0.15, 0.2) is 0 Å². The maximum atomic E-state index is 13.0. The van der Waals surface area contributed by atoms with E-state index in [1.807, 2.05) is 30.3 Å². The number of rotatable bonds is 5. The molecule has 158 valence electrons. The molecule has 0 saturated heterocycles. The van der Waals surface area contributed by atoms with Crippen LogP contribution in [0.15, 0.2) is 89.8 Å². The van der Waals surface area contributed by atoms with Crippen LogP contribution in [0, 0.1) is 5.92 Å². The third-order valence-electron chi connectivity index (χ3n) is 6.12. The van der Waals surface area contributed by atoms with Crippen molar-refractivity contribution in [3.05, 3.63) is 96.1 Å². The number of hydrogen-bond acceptors (Lipinski definition) is 4. The summed E-state index contributed by atoms with van der Waals surface area (Å²) in [5, 5.41) is 3.65. The highest BCUT2D eigenvalue weighted by Gasteiger charge is 2.38. The van der Waals surface area contributed by atoms with Gasteiger partial charge in [-0.1, -0.05) is 42.5 Å². The van der Waals surface area contributed by atoms with Crippen molar-refractivity contribution in [3.63, 3.8) is 0 Å². The molecule has 3 atom stereocenters.